The minimum Gasteiger partial charge on any atom is -0.0618 e. The van der Waals surface area contributed by atoms with Crippen LogP contribution in [0.3, 0.4) is 0 Å². The molecule has 0 aliphatic carbocycles. The van der Waals surface area contributed by atoms with Crippen molar-refractivity contribution in [3.05, 3.63) is 0 Å². The van der Waals surface area contributed by atoms with Crippen molar-refractivity contribution in [2.24, 2.45) is 0 Å². The molecule has 0 spiro atoms. The Morgan fingerprint density at radius 3 is 1.60 bits per heavy atom. The summed E-state index contributed by atoms with van der Waals surface area (Å²) in [5, 5.41) is 0. The van der Waals surface area contributed by atoms with Crippen LogP contribution in [-0.4, -0.2) is 2.57 Å². The molecule has 0 nitrogen and oxygen atoms in total. The van der Waals surface area contributed by atoms with E-state index in [1.165, 1.54) is 0 Å². The number of rotatable bonds is 0. The van der Waals surface area contributed by atoms with Gasteiger partial charge in [-0.15, -0.1) is 0 Å². The van der Waals surface area contributed by atoms with Gasteiger partial charge in [0.1, 0.15) is 2.57 Å². The monoisotopic (exact) mass is 217 g/mol. The molecule has 0 atom stereocenters. The lowest BCUT2D eigenvalue weighted by molar-refractivity contribution is 1.40. The maximum absolute atomic E-state index is 4.66. The van der Waals surface area contributed by atoms with Crippen molar-refractivity contribution in [2.75, 3.05) is 0 Å². The molecule has 0 aromatic rings. The van der Waals surface area contributed by atoms with Gasteiger partial charge in [0.05, 0.1) is 0 Å². The Hall–Kier alpha value is 1.31. The topological polar surface area (TPSA) is 0 Å². The highest BCUT2D eigenvalue weighted by Crippen LogP contribution is 2.28. The Morgan fingerprint density at radius 2 is 1.60 bits per heavy atom. The molecule has 0 heterocycles. The van der Waals surface area contributed by atoms with E-state index >= 15 is 0 Å². The molecule has 0 aromatic heterocycles. The van der Waals surface area contributed by atoms with Crippen molar-refractivity contribution in [2.45, 2.75) is 9.49 Å². The first-order valence-corrected chi connectivity index (χ1v) is 3.08. The molecular weight excluding hydrogens is 216 g/mol. The molecular formula is C2H3Br2S. The van der Waals surface area contributed by atoms with Crippen LogP contribution in [-0.2, 0) is 0 Å². The number of alkyl halides is 2. The van der Waals surface area contributed by atoms with Crippen molar-refractivity contribution in [1.82, 2.24) is 0 Å². The minimum atomic E-state index is -0.292. The molecule has 0 unspecified atom stereocenters. The molecule has 0 N–H and O–H groups in total. The highest BCUT2D eigenvalue weighted by molar-refractivity contribution is 9.27. The normalized spacial score (nSPS) is 12.0. The fourth-order valence-corrected chi connectivity index (χ4v) is 0. The van der Waals surface area contributed by atoms with E-state index in [0.29, 0.717) is 0 Å². The molecule has 5 heavy (non-hydrogen) atoms. The van der Waals surface area contributed by atoms with Crippen molar-refractivity contribution >= 4 is 44.5 Å². The molecule has 3 heteroatoms. The summed E-state index contributed by atoms with van der Waals surface area (Å²) in [6.45, 7) is 1.84. The lowest BCUT2D eigenvalue weighted by Gasteiger charge is -1.96. The first-order valence-electron chi connectivity index (χ1n) is 1.08. The Balaban J connectivity index is 3.02. The summed E-state index contributed by atoms with van der Waals surface area (Å²) in [5.41, 5.74) is 0. The van der Waals surface area contributed by atoms with Crippen LogP contribution in [0.15, 0.2) is 0 Å². The average molecular weight is 219 g/mol. The lowest BCUT2D eigenvalue weighted by atomic mass is 11.0. The first kappa shape index (κ1) is 6.31. The predicted octanol–water partition coefficient (Wildman–Crippen LogP) is 2.65. The number of hydrogen-bond acceptors (Lipinski definition) is 0. The van der Waals surface area contributed by atoms with E-state index in [9.17, 15) is 0 Å². The average Bonchev–Trinajstić information content (AvgIpc) is 0.722. The highest BCUT2D eigenvalue weighted by Gasteiger charge is 2.04. The third kappa shape index (κ3) is 33.9. The molecule has 1 radical (unpaired) electrons. The van der Waals surface area contributed by atoms with Gasteiger partial charge in [-0.25, -0.2) is 0 Å². The molecule has 0 amide bonds. The predicted molar refractivity (Wildman–Crippen MR) is 33.9 cm³/mol. The zero-order valence-electron chi connectivity index (χ0n) is 2.66. The standard InChI is InChI=1S/C2H3Br2S/c1-2(3,4)5/h1H3. The van der Waals surface area contributed by atoms with Gasteiger partial charge in [0, 0.05) is 0 Å². The zero-order chi connectivity index (χ0) is 4.50. The van der Waals surface area contributed by atoms with E-state index in [1.807, 2.05) is 6.92 Å². The molecule has 0 rings (SSSR count). The van der Waals surface area contributed by atoms with Crippen LogP contribution >= 0.6 is 44.5 Å². The SMILES string of the molecule is CC([S])(Br)Br. The molecule has 0 fully saturated rings. The highest BCUT2D eigenvalue weighted by atomic mass is 79.9. The smallest absolute Gasteiger partial charge is 0.0618 e. The molecule has 0 saturated heterocycles. The number of hydrogen-bond donors (Lipinski definition) is 0. The van der Waals surface area contributed by atoms with E-state index in [0.717, 1.165) is 0 Å². The van der Waals surface area contributed by atoms with E-state index < -0.39 is 0 Å². The summed E-state index contributed by atoms with van der Waals surface area (Å²) in [7, 11) is 0. The van der Waals surface area contributed by atoms with Crippen LogP contribution in [0.1, 0.15) is 6.92 Å². The van der Waals surface area contributed by atoms with Crippen molar-refractivity contribution in [3.63, 3.8) is 0 Å². The number of halogens is 2. The molecule has 31 valence electrons. The van der Waals surface area contributed by atoms with Gasteiger partial charge < -0.3 is 0 Å². The van der Waals surface area contributed by atoms with Gasteiger partial charge in [-0.1, -0.05) is 44.5 Å². The maximum atomic E-state index is 4.66. The maximum Gasteiger partial charge on any atom is 0.132 e. The quantitative estimate of drug-likeness (QED) is 0.549. The molecule has 0 aromatic carbocycles. The van der Waals surface area contributed by atoms with Crippen molar-refractivity contribution < 1.29 is 0 Å². The van der Waals surface area contributed by atoms with Gasteiger partial charge in [-0.2, -0.15) is 0 Å². The summed E-state index contributed by atoms with van der Waals surface area (Å²) < 4.78 is -0.292. The van der Waals surface area contributed by atoms with Crippen molar-refractivity contribution in [1.29, 1.82) is 0 Å². The summed E-state index contributed by atoms with van der Waals surface area (Å²) in [4.78, 5) is 0. The largest absolute Gasteiger partial charge is 0.132 e. The summed E-state index contributed by atoms with van der Waals surface area (Å²) >= 11 is 10.9. The second-order valence-corrected chi connectivity index (χ2v) is 6.91. The zero-order valence-corrected chi connectivity index (χ0v) is 6.65. The lowest BCUT2D eigenvalue weighted by Crippen LogP contribution is -1.85. The van der Waals surface area contributed by atoms with Gasteiger partial charge >= 0.3 is 0 Å². The van der Waals surface area contributed by atoms with Gasteiger partial charge in [-0.05, 0) is 6.92 Å². The van der Waals surface area contributed by atoms with E-state index in [2.05, 4.69) is 44.5 Å². The van der Waals surface area contributed by atoms with Gasteiger partial charge in [0.15, 0.2) is 0 Å². The van der Waals surface area contributed by atoms with Crippen LogP contribution in [0, 0.1) is 0 Å². The van der Waals surface area contributed by atoms with Gasteiger partial charge in [0.25, 0.3) is 0 Å². The fourth-order valence-electron chi connectivity index (χ4n) is 0. The summed E-state index contributed by atoms with van der Waals surface area (Å²) in [6.07, 6.45) is 0. The fraction of sp³-hybridized carbons (Fsp3) is 1.00. The molecule has 0 bridgehead atoms. The second kappa shape index (κ2) is 1.85. The van der Waals surface area contributed by atoms with Gasteiger partial charge in [-0.3, -0.25) is 0 Å². The molecule has 0 aliphatic heterocycles. The molecule has 0 saturated carbocycles. The molecule has 0 aliphatic rings. The summed E-state index contributed by atoms with van der Waals surface area (Å²) in [5.74, 6) is 0. The van der Waals surface area contributed by atoms with Crippen LogP contribution in [0.4, 0.5) is 0 Å². The van der Waals surface area contributed by atoms with Crippen molar-refractivity contribution in [3.8, 4) is 0 Å². The Morgan fingerprint density at radius 1 is 1.60 bits per heavy atom. The van der Waals surface area contributed by atoms with E-state index in [1.54, 1.807) is 0 Å². The third-order valence-electron chi connectivity index (χ3n) is 0. The van der Waals surface area contributed by atoms with Crippen LogP contribution < -0.4 is 0 Å². The summed E-state index contributed by atoms with van der Waals surface area (Å²) in [6, 6.07) is 0. The Labute approximate surface area is 54.0 Å². The Bertz CT molecular complexity index is 23.1. The van der Waals surface area contributed by atoms with E-state index in [-0.39, 0.29) is 2.57 Å². The Kier molecular flexibility index (Phi) is 2.33. The minimum absolute atomic E-state index is 0.292. The van der Waals surface area contributed by atoms with E-state index in [4.69, 9.17) is 0 Å². The second-order valence-electron chi connectivity index (χ2n) is 0.808. The van der Waals surface area contributed by atoms with Crippen LogP contribution in [0.25, 0.3) is 0 Å². The van der Waals surface area contributed by atoms with Crippen LogP contribution in [0.2, 0.25) is 0 Å². The van der Waals surface area contributed by atoms with Gasteiger partial charge in [0.2, 0.25) is 0 Å². The first-order chi connectivity index (χ1) is 2.00. The van der Waals surface area contributed by atoms with Crippen LogP contribution in [0.5, 0.6) is 0 Å². The third-order valence-corrected chi connectivity index (χ3v) is 0.